The van der Waals surface area contributed by atoms with Gasteiger partial charge in [0.25, 0.3) is 5.91 Å². The number of para-hydroxylation sites is 1. The number of aromatic nitrogens is 2. The minimum atomic E-state index is -0.302. The maximum absolute atomic E-state index is 12.1. The highest BCUT2D eigenvalue weighted by atomic mass is 79.9. The molecule has 5 nitrogen and oxygen atoms in total. The summed E-state index contributed by atoms with van der Waals surface area (Å²) < 4.78 is 2.55. The van der Waals surface area contributed by atoms with Crippen molar-refractivity contribution in [1.29, 1.82) is 0 Å². The van der Waals surface area contributed by atoms with Crippen LogP contribution in [0.1, 0.15) is 15.9 Å². The topological polar surface area (TPSA) is 67.2 Å². The van der Waals surface area contributed by atoms with Crippen molar-refractivity contribution < 1.29 is 9.90 Å². The van der Waals surface area contributed by atoms with Crippen LogP contribution in [0, 0.1) is 0 Å². The molecule has 0 aliphatic carbocycles. The second-order valence-electron chi connectivity index (χ2n) is 5.30. The molecule has 2 aromatic carbocycles. The number of nitrogens with one attached hydrogen (secondary N) is 1. The highest BCUT2D eigenvalue weighted by Gasteiger charge is 2.11. The number of phenolic OH excluding ortho intramolecular Hbond substituents is 1. The summed E-state index contributed by atoms with van der Waals surface area (Å²) in [5.41, 5.74) is 2.27. The molecule has 0 fully saturated rings. The first-order valence-corrected chi connectivity index (χ1v) is 8.28. The normalized spacial score (nSPS) is 10.5. The van der Waals surface area contributed by atoms with Gasteiger partial charge in [0.05, 0.1) is 17.4 Å². The van der Waals surface area contributed by atoms with Gasteiger partial charge in [-0.05, 0) is 42.3 Å². The van der Waals surface area contributed by atoms with Gasteiger partial charge < -0.3 is 10.4 Å². The second-order valence-corrected chi connectivity index (χ2v) is 6.21. The largest absolute Gasteiger partial charge is 0.507 e. The maximum Gasteiger partial charge on any atom is 0.255 e. The zero-order chi connectivity index (χ0) is 16.9. The van der Waals surface area contributed by atoms with E-state index in [4.69, 9.17) is 0 Å². The molecule has 122 valence electrons. The molecular weight excluding hydrogens is 370 g/mol. The SMILES string of the molecule is O=C(NCCc1cnn(-c2ccccc2)c1)c1cc(Br)ccc1O. The Kier molecular flexibility index (Phi) is 4.96. The number of benzene rings is 2. The van der Waals surface area contributed by atoms with E-state index < -0.39 is 0 Å². The van der Waals surface area contributed by atoms with E-state index in [9.17, 15) is 9.90 Å². The van der Waals surface area contributed by atoms with E-state index in [0.29, 0.717) is 13.0 Å². The van der Waals surface area contributed by atoms with Crippen molar-refractivity contribution in [3.8, 4) is 11.4 Å². The van der Waals surface area contributed by atoms with Crippen LogP contribution < -0.4 is 5.32 Å². The highest BCUT2D eigenvalue weighted by Crippen LogP contribution is 2.21. The van der Waals surface area contributed by atoms with Crippen molar-refractivity contribution in [3.05, 3.63) is 76.5 Å². The number of carbonyl (C=O) groups is 1. The van der Waals surface area contributed by atoms with Crippen LogP contribution in [0.15, 0.2) is 65.4 Å². The summed E-state index contributed by atoms with van der Waals surface area (Å²) in [6, 6.07) is 14.6. The molecule has 0 unspecified atom stereocenters. The van der Waals surface area contributed by atoms with Crippen LogP contribution in [0.3, 0.4) is 0 Å². The van der Waals surface area contributed by atoms with E-state index in [-0.39, 0.29) is 17.2 Å². The Morgan fingerprint density at radius 3 is 2.79 bits per heavy atom. The lowest BCUT2D eigenvalue weighted by Gasteiger charge is -2.06. The van der Waals surface area contributed by atoms with Crippen LogP contribution >= 0.6 is 15.9 Å². The number of rotatable bonds is 5. The van der Waals surface area contributed by atoms with Crippen molar-refractivity contribution in [2.75, 3.05) is 6.54 Å². The molecule has 0 spiro atoms. The van der Waals surface area contributed by atoms with Crippen molar-refractivity contribution in [2.24, 2.45) is 0 Å². The number of hydrogen-bond donors (Lipinski definition) is 2. The zero-order valence-corrected chi connectivity index (χ0v) is 14.4. The van der Waals surface area contributed by atoms with Crippen LogP contribution in [0.25, 0.3) is 5.69 Å². The van der Waals surface area contributed by atoms with E-state index in [2.05, 4.69) is 26.3 Å². The molecule has 24 heavy (non-hydrogen) atoms. The average Bonchev–Trinajstić information content (AvgIpc) is 3.06. The van der Waals surface area contributed by atoms with Gasteiger partial charge in [-0.15, -0.1) is 0 Å². The molecule has 0 aliphatic heterocycles. The molecule has 0 aliphatic rings. The number of halogens is 1. The summed E-state index contributed by atoms with van der Waals surface area (Å²) in [5.74, 6) is -0.336. The number of amides is 1. The van der Waals surface area contributed by atoms with Gasteiger partial charge in [0.2, 0.25) is 0 Å². The van der Waals surface area contributed by atoms with Gasteiger partial charge in [0.1, 0.15) is 5.75 Å². The van der Waals surface area contributed by atoms with Gasteiger partial charge in [0.15, 0.2) is 0 Å². The molecule has 1 heterocycles. The number of hydrogen-bond acceptors (Lipinski definition) is 3. The number of aromatic hydroxyl groups is 1. The van der Waals surface area contributed by atoms with Crippen LogP contribution in [0.2, 0.25) is 0 Å². The van der Waals surface area contributed by atoms with Gasteiger partial charge in [-0.2, -0.15) is 5.10 Å². The molecule has 0 atom stereocenters. The first-order chi connectivity index (χ1) is 11.6. The third-order valence-corrected chi connectivity index (χ3v) is 4.05. The summed E-state index contributed by atoms with van der Waals surface area (Å²) in [4.78, 5) is 12.1. The molecule has 0 radical (unpaired) electrons. The lowest BCUT2D eigenvalue weighted by Crippen LogP contribution is -2.25. The Bertz CT molecular complexity index is 846. The van der Waals surface area contributed by atoms with Gasteiger partial charge in [-0.25, -0.2) is 4.68 Å². The van der Waals surface area contributed by atoms with Crippen LogP contribution in [0.5, 0.6) is 5.75 Å². The Labute approximate surface area is 148 Å². The zero-order valence-electron chi connectivity index (χ0n) is 12.8. The smallest absolute Gasteiger partial charge is 0.255 e. The van der Waals surface area contributed by atoms with Gasteiger partial charge in [-0.3, -0.25) is 4.79 Å². The molecule has 0 saturated heterocycles. The van der Waals surface area contributed by atoms with Crippen molar-refractivity contribution in [3.63, 3.8) is 0 Å². The summed E-state index contributed by atoms with van der Waals surface area (Å²) in [6.07, 6.45) is 4.39. The average molecular weight is 386 g/mol. The lowest BCUT2D eigenvalue weighted by atomic mass is 10.2. The van der Waals surface area contributed by atoms with E-state index in [0.717, 1.165) is 15.7 Å². The van der Waals surface area contributed by atoms with Crippen LogP contribution in [-0.2, 0) is 6.42 Å². The number of nitrogens with zero attached hydrogens (tertiary/aromatic N) is 2. The predicted octanol–water partition coefficient (Wildman–Crippen LogP) is 3.31. The predicted molar refractivity (Wildman–Crippen MR) is 95.4 cm³/mol. The summed E-state index contributed by atoms with van der Waals surface area (Å²) in [5, 5.41) is 16.9. The fourth-order valence-corrected chi connectivity index (χ4v) is 2.68. The highest BCUT2D eigenvalue weighted by molar-refractivity contribution is 9.10. The lowest BCUT2D eigenvalue weighted by molar-refractivity contribution is 0.0951. The molecule has 1 amide bonds. The quantitative estimate of drug-likeness (QED) is 0.707. The third-order valence-electron chi connectivity index (χ3n) is 3.56. The second kappa shape index (κ2) is 7.31. The molecule has 0 bridgehead atoms. The molecule has 3 aromatic rings. The fourth-order valence-electron chi connectivity index (χ4n) is 2.32. The molecular formula is C18H16BrN3O2. The maximum atomic E-state index is 12.1. The van der Waals surface area contributed by atoms with Crippen molar-refractivity contribution >= 4 is 21.8 Å². The molecule has 3 rings (SSSR count). The van der Waals surface area contributed by atoms with Crippen LogP contribution in [0.4, 0.5) is 0 Å². The Hall–Kier alpha value is -2.60. The number of carbonyl (C=O) groups excluding carboxylic acids is 1. The summed E-state index contributed by atoms with van der Waals surface area (Å²) in [6.45, 7) is 0.464. The third kappa shape index (κ3) is 3.83. The van der Waals surface area contributed by atoms with Gasteiger partial charge in [-0.1, -0.05) is 34.1 Å². The Morgan fingerprint density at radius 1 is 1.21 bits per heavy atom. The van der Waals surface area contributed by atoms with E-state index in [1.165, 1.54) is 6.07 Å². The summed E-state index contributed by atoms with van der Waals surface area (Å²) >= 11 is 3.29. The van der Waals surface area contributed by atoms with Crippen molar-refractivity contribution in [1.82, 2.24) is 15.1 Å². The molecule has 6 heteroatoms. The fraction of sp³-hybridized carbons (Fsp3) is 0.111. The first-order valence-electron chi connectivity index (χ1n) is 7.49. The van der Waals surface area contributed by atoms with Crippen molar-refractivity contribution in [2.45, 2.75) is 6.42 Å². The molecule has 1 aromatic heterocycles. The standard InChI is InChI=1S/C18H16BrN3O2/c19-14-6-7-17(23)16(10-14)18(24)20-9-8-13-11-21-22(12-13)15-4-2-1-3-5-15/h1-7,10-12,23H,8-9H2,(H,20,24). The molecule has 0 saturated carbocycles. The number of phenols is 1. The van der Waals surface area contributed by atoms with Gasteiger partial charge >= 0.3 is 0 Å². The first kappa shape index (κ1) is 16.3. The van der Waals surface area contributed by atoms with E-state index >= 15 is 0 Å². The minimum absolute atomic E-state index is 0.0346. The van der Waals surface area contributed by atoms with E-state index in [1.54, 1.807) is 23.0 Å². The Balaban J connectivity index is 1.58. The van der Waals surface area contributed by atoms with Gasteiger partial charge in [0, 0.05) is 17.2 Å². The summed E-state index contributed by atoms with van der Waals surface area (Å²) in [7, 11) is 0. The Morgan fingerprint density at radius 2 is 2.00 bits per heavy atom. The van der Waals surface area contributed by atoms with Crippen LogP contribution in [-0.4, -0.2) is 27.3 Å². The van der Waals surface area contributed by atoms with E-state index in [1.807, 2.05) is 36.5 Å². The molecule has 2 N–H and O–H groups in total. The monoisotopic (exact) mass is 385 g/mol. The minimum Gasteiger partial charge on any atom is -0.507 e.